The van der Waals surface area contributed by atoms with Crippen LogP contribution in [0.5, 0.6) is 0 Å². The molecule has 0 aliphatic heterocycles. The Hall–Kier alpha value is -0.710. The third-order valence-electron chi connectivity index (χ3n) is 1.72. The van der Waals surface area contributed by atoms with Crippen molar-refractivity contribution in [3.63, 3.8) is 0 Å². The van der Waals surface area contributed by atoms with E-state index in [9.17, 15) is 4.39 Å². The first-order valence-electron chi connectivity index (χ1n) is 3.72. The van der Waals surface area contributed by atoms with E-state index in [1.54, 1.807) is 18.2 Å². The minimum absolute atomic E-state index is 0.220. The van der Waals surface area contributed by atoms with Crippen molar-refractivity contribution in [2.75, 3.05) is 0 Å². The normalized spacial score (nSPS) is 12.5. The van der Waals surface area contributed by atoms with Crippen LogP contribution in [-0.4, -0.2) is 0 Å². The molecule has 70 valence electrons. The second kappa shape index (κ2) is 4.50. The Morgan fingerprint density at radius 2 is 2.31 bits per heavy atom. The van der Waals surface area contributed by atoms with Gasteiger partial charge >= 0.3 is 0 Å². The Bertz CT molecular complexity index is 314. The van der Waals surface area contributed by atoms with Crippen LogP contribution in [0.3, 0.4) is 0 Å². The second-order valence-electron chi connectivity index (χ2n) is 2.55. The Balaban J connectivity index is 3.01. The first-order chi connectivity index (χ1) is 6.19. The van der Waals surface area contributed by atoms with E-state index >= 15 is 0 Å². The van der Waals surface area contributed by atoms with Crippen molar-refractivity contribution in [1.29, 1.82) is 0 Å². The van der Waals surface area contributed by atoms with Gasteiger partial charge in [-0.3, -0.25) is 5.84 Å². The molecule has 1 atom stereocenters. The molecule has 0 heterocycles. The summed E-state index contributed by atoms with van der Waals surface area (Å²) in [6.45, 7) is 3.58. The minimum Gasteiger partial charge on any atom is -0.271 e. The minimum atomic E-state index is -0.306. The highest BCUT2D eigenvalue weighted by molar-refractivity contribution is 9.10. The van der Waals surface area contributed by atoms with Crippen LogP contribution in [0.1, 0.15) is 11.6 Å². The number of hydrazine groups is 1. The van der Waals surface area contributed by atoms with Gasteiger partial charge in [-0.05, 0) is 33.6 Å². The molecule has 13 heavy (non-hydrogen) atoms. The van der Waals surface area contributed by atoms with E-state index in [1.807, 2.05) is 0 Å². The van der Waals surface area contributed by atoms with Gasteiger partial charge in [-0.1, -0.05) is 12.1 Å². The molecule has 0 saturated heterocycles. The maximum atomic E-state index is 13.1. The third-order valence-corrected chi connectivity index (χ3v) is 2.36. The van der Waals surface area contributed by atoms with Crippen molar-refractivity contribution in [3.05, 3.63) is 46.7 Å². The number of nitrogens with one attached hydrogen (secondary N) is 1. The SMILES string of the molecule is C=CC(NN)c1ccc(Br)c(F)c1. The maximum absolute atomic E-state index is 13.1. The highest BCUT2D eigenvalue weighted by Gasteiger charge is 2.07. The topological polar surface area (TPSA) is 38.0 Å². The molecule has 3 N–H and O–H groups in total. The van der Waals surface area contributed by atoms with Crippen LogP contribution in [0.15, 0.2) is 35.3 Å². The van der Waals surface area contributed by atoms with Crippen molar-refractivity contribution < 1.29 is 4.39 Å². The third kappa shape index (κ3) is 2.37. The molecular formula is C9H10BrFN2. The van der Waals surface area contributed by atoms with E-state index in [2.05, 4.69) is 27.9 Å². The van der Waals surface area contributed by atoms with E-state index in [0.717, 1.165) is 5.56 Å². The van der Waals surface area contributed by atoms with E-state index in [-0.39, 0.29) is 11.9 Å². The summed E-state index contributed by atoms with van der Waals surface area (Å²) < 4.78 is 13.5. The lowest BCUT2D eigenvalue weighted by atomic mass is 10.1. The number of benzene rings is 1. The fourth-order valence-electron chi connectivity index (χ4n) is 1.01. The average Bonchev–Trinajstić information content (AvgIpc) is 2.13. The molecular weight excluding hydrogens is 235 g/mol. The predicted molar refractivity (Wildman–Crippen MR) is 54.4 cm³/mol. The molecule has 0 aliphatic carbocycles. The Kier molecular flexibility index (Phi) is 3.59. The Labute approximate surface area is 84.7 Å². The molecule has 1 aromatic rings. The average molecular weight is 245 g/mol. The van der Waals surface area contributed by atoms with E-state index < -0.39 is 0 Å². The quantitative estimate of drug-likeness (QED) is 0.487. The summed E-state index contributed by atoms with van der Waals surface area (Å²) in [7, 11) is 0. The summed E-state index contributed by atoms with van der Waals surface area (Å²) in [5.41, 5.74) is 3.26. The number of hydrogen-bond acceptors (Lipinski definition) is 2. The molecule has 0 radical (unpaired) electrons. The zero-order valence-corrected chi connectivity index (χ0v) is 8.51. The summed E-state index contributed by atoms with van der Waals surface area (Å²) in [5.74, 6) is 4.94. The first-order valence-corrected chi connectivity index (χ1v) is 4.52. The first kappa shape index (κ1) is 10.4. The highest BCUT2D eigenvalue weighted by atomic mass is 79.9. The van der Waals surface area contributed by atoms with Crippen LogP contribution in [0.25, 0.3) is 0 Å². The van der Waals surface area contributed by atoms with Gasteiger partial charge in [0.15, 0.2) is 0 Å². The molecule has 0 spiro atoms. The van der Waals surface area contributed by atoms with Gasteiger partial charge in [0, 0.05) is 0 Å². The molecule has 1 unspecified atom stereocenters. The van der Waals surface area contributed by atoms with Crippen LogP contribution in [0, 0.1) is 5.82 Å². The van der Waals surface area contributed by atoms with Crippen molar-refractivity contribution in [1.82, 2.24) is 5.43 Å². The maximum Gasteiger partial charge on any atom is 0.137 e. The zero-order chi connectivity index (χ0) is 9.84. The van der Waals surface area contributed by atoms with Crippen LogP contribution in [0.2, 0.25) is 0 Å². The van der Waals surface area contributed by atoms with Gasteiger partial charge in [0.1, 0.15) is 5.82 Å². The van der Waals surface area contributed by atoms with Crippen LogP contribution >= 0.6 is 15.9 Å². The van der Waals surface area contributed by atoms with E-state index in [4.69, 9.17) is 5.84 Å². The van der Waals surface area contributed by atoms with Gasteiger partial charge in [-0.25, -0.2) is 9.82 Å². The molecule has 1 rings (SSSR count). The van der Waals surface area contributed by atoms with Crippen LogP contribution in [-0.2, 0) is 0 Å². The predicted octanol–water partition coefficient (Wildman–Crippen LogP) is 2.28. The van der Waals surface area contributed by atoms with Gasteiger partial charge in [0.2, 0.25) is 0 Å². The number of halogens is 2. The van der Waals surface area contributed by atoms with E-state index in [0.29, 0.717) is 4.47 Å². The summed E-state index contributed by atoms with van der Waals surface area (Å²) in [4.78, 5) is 0. The van der Waals surface area contributed by atoms with Crippen molar-refractivity contribution in [2.24, 2.45) is 5.84 Å². The largest absolute Gasteiger partial charge is 0.271 e. The van der Waals surface area contributed by atoms with Gasteiger partial charge in [-0.2, -0.15) is 0 Å². The summed E-state index contributed by atoms with van der Waals surface area (Å²) in [6, 6.07) is 4.61. The molecule has 0 aromatic heterocycles. The van der Waals surface area contributed by atoms with Gasteiger partial charge in [0.25, 0.3) is 0 Å². The standard InChI is InChI=1S/C9H10BrFN2/c1-2-9(13-12)6-3-4-7(10)8(11)5-6/h2-5,9,13H,1,12H2. The molecule has 1 aromatic carbocycles. The molecule has 0 aliphatic rings. The molecule has 2 nitrogen and oxygen atoms in total. The molecule has 0 bridgehead atoms. The number of nitrogens with two attached hydrogens (primary N) is 1. The molecule has 0 amide bonds. The molecule has 4 heteroatoms. The number of rotatable bonds is 3. The van der Waals surface area contributed by atoms with Crippen molar-refractivity contribution >= 4 is 15.9 Å². The summed E-state index contributed by atoms with van der Waals surface area (Å²) >= 11 is 3.07. The van der Waals surface area contributed by atoms with Gasteiger partial charge in [-0.15, -0.1) is 6.58 Å². The highest BCUT2D eigenvalue weighted by Crippen LogP contribution is 2.20. The smallest absolute Gasteiger partial charge is 0.137 e. The van der Waals surface area contributed by atoms with E-state index in [1.165, 1.54) is 6.07 Å². The Morgan fingerprint density at radius 3 is 2.77 bits per heavy atom. The fourth-order valence-corrected chi connectivity index (χ4v) is 1.25. The molecule has 0 fully saturated rings. The lowest BCUT2D eigenvalue weighted by Crippen LogP contribution is -2.26. The number of hydrogen-bond donors (Lipinski definition) is 2. The molecule has 0 saturated carbocycles. The van der Waals surface area contributed by atoms with Crippen molar-refractivity contribution in [2.45, 2.75) is 6.04 Å². The van der Waals surface area contributed by atoms with Crippen molar-refractivity contribution in [3.8, 4) is 0 Å². The lowest BCUT2D eigenvalue weighted by molar-refractivity contribution is 0.606. The zero-order valence-electron chi connectivity index (χ0n) is 6.93. The summed E-state index contributed by atoms with van der Waals surface area (Å²) in [5, 5.41) is 0. The van der Waals surface area contributed by atoms with Gasteiger partial charge < -0.3 is 0 Å². The van der Waals surface area contributed by atoms with Crippen LogP contribution in [0.4, 0.5) is 4.39 Å². The monoisotopic (exact) mass is 244 g/mol. The summed E-state index contributed by atoms with van der Waals surface area (Å²) in [6.07, 6.45) is 1.61. The Morgan fingerprint density at radius 1 is 1.62 bits per heavy atom. The fraction of sp³-hybridized carbons (Fsp3) is 0.111. The van der Waals surface area contributed by atoms with Gasteiger partial charge in [0.05, 0.1) is 10.5 Å². The lowest BCUT2D eigenvalue weighted by Gasteiger charge is -2.11. The van der Waals surface area contributed by atoms with Crippen LogP contribution < -0.4 is 11.3 Å². The second-order valence-corrected chi connectivity index (χ2v) is 3.41.